The Kier molecular flexibility index (Phi) is 4.90. The van der Waals surface area contributed by atoms with Gasteiger partial charge in [0.1, 0.15) is 5.82 Å². The summed E-state index contributed by atoms with van der Waals surface area (Å²) < 4.78 is 2.43. The van der Waals surface area contributed by atoms with E-state index in [-0.39, 0.29) is 0 Å². The van der Waals surface area contributed by atoms with Crippen LogP contribution in [0.3, 0.4) is 0 Å². The Bertz CT molecular complexity index is 658. The van der Waals surface area contributed by atoms with E-state index >= 15 is 0 Å². The molecule has 1 unspecified atom stereocenters. The van der Waals surface area contributed by atoms with Crippen molar-refractivity contribution in [3.63, 3.8) is 0 Å². The second-order valence-electron chi connectivity index (χ2n) is 6.93. The van der Waals surface area contributed by atoms with Crippen LogP contribution in [0.25, 0.3) is 0 Å². The van der Waals surface area contributed by atoms with Crippen LogP contribution in [-0.2, 0) is 19.6 Å². The molecule has 0 radical (unpaired) electrons. The van der Waals surface area contributed by atoms with E-state index in [4.69, 9.17) is 4.98 Å². The van der Waals surface area contributed by atoms with Gasteiger partial charge >= 0.3 is 0 Å². The predicted molar refractivity (Wildman–Crippen MR) is 96.7 cm³/mol. The van der Waals surface area contributed by atoms with Crippen LogP contribution in [0.5, 0.6) is 0 Å². The number of imidazole rings is 1. The van der Waals surface area contributed by atoms with Gasteiger partial charge in [-0.25, -0.2) is 4.98 Å². The average molecular weight is 333 g/mol. The van der Waals surface area contributed by atoms with Crippen LogP contribution in [0.15, 0.2) is 18.3 Å². The van der Waals surface area contributed by atoms with Gasteiger partial charge in [-0.05, 0) is 46.9 Å². The molecular formula is C18H28N4S. The number of hydrogen-bond donors (Lipinski definition) is 0. The standard InChI is InChI=1S/C18H28N4S/c1-13(2)20(5)11-16-10-19-18-15(4)21(8-9-22(16)18)12-17-7-6-14(3)23-17/h6-7,10,13,15H,8-9,11-12H2,1-5H3. The molecule has 0 saturated carbocycles. The Morgan fingerprint density at radius 1 is 1.35 bits per heavy atom. The third-order valence-electron chi connectivity index (χ3n) is 4.95. The average Bonchev–Trinajstić information content (AvgIpc) is 3.09. The van der Waals surface area contributed by atoms with Crippen LogP contribution in [0, 0.1) is 6.92 Å². The number of nitrogens with zero attached hydrogens (tertiary/aromatic N) is 4. The van der Waals surface area contributed by atoms with Crippen molar-refractivity contribution >= 4 is 11.3 Å². The van der Waals surface area contributed by atoms with Gasteiger partial charge in [0.15, 0.2) is 0 Å². The van der Waals surface area contributed by atoms with Crippen LogP contribution < -0.4 is 0 Å². The summed E-state index contributed by atoms with van der Waals surface area (Å²) in [5.74, 6) is 1.22. The molecule has 0 aromatic carbocycles. The zero-order chi connectivity index (χ0) is 16.6. The summed E-state index contributed by atoms with van der Waals surface area (Å²) in [6, 6.07) is 5.41. The molecule has 5 heteroatoms. The number of rotatable bonds is 5. The molecule has 0 bridgehead atoms. The Balaban J connectivity index is 1.73. The normalized spacial score (nSPS) is 18.8. The molecule has 1 aliphatic rings. The lowest BCUT2D eigenvalue weighted by molar-refractivity contribution is 0.154. The zero-order valence-corrected chi connectivity index (χ0v) is 15.7. The summed E-state index contributed by atoms with van der Waals surface area (Å²) >= 11 is 1.91. The van der Waals surface area contributed by atoms with Gasteiger partial charge in [0.25, 0.3) is 0 Å². The molecular weight excluding hydrogens is 304 g/mol. The lowest BCUT2D eigenvalue weighted by Crippen LogP contribution is -2.37. The first-order chi connectivity index (χ1) is 11.0. The summed E-state index contributed by atoms with van der Waals surface area (Å²) in [6.45, 7) is 13.1. The summed E-state index contributed by atoms with van der Waals surface area (Å²) in [6.07, 6.45) is 2.07. The van der Waals surface area contributed by atoms with E-state index in [0.29, 0.717) is 12.1 Å². The molecule has 3 heterocycles. The van der Waals surface area contributed by atoms with Crippen molar-refractivity contribution in [1.82, 2.24) is 19.4 Å². The highest BCUT2D eigenvalue weighted by molar-refractivity contribution is 7.11. The molecule has 0 fully saturated rings. The van der Waals surface area contributed by atoms with Crippen LogP contribution in [0.2, 0.25) is 0 Å². The second-order valence-corrected chi connectivity index (χ2v) is 8.30. The first-order valence-electron chi connectivity index (χ1n) is 8.49. The summed E-state index contributed by atoms with van der Waals surface area (Å²) in [7, 11) is 2.18. The van der Waals surface area contributed by atoms with E-state index < -0.39 is 0 Å². The Hall–Kier alpha value is -1.17. The minimum Gasteiger partial charge on any atom is -0.328 e. The lowest BCUT2D eigenvalue weighted by Gasteiger charge is -2.34. The third-order valence-corrected chi connectivity index (χ3v) is 5.93. The van der Waals surface area contributed by atoms with E-state index in [1.54, 1.807) is 0 Å². The Morgan fingerprint density at radius 3 is 2.78 bits per heavy atom. The molecule has 3 rings (SSSR count). The minimum atomic E-state index is 0.379. The molecule has 0 saturated heterocycles. The molecule has 0 spiro atoms. The lowest BCUT2D eigenvalue weighted by atomic mass is 10.2. The van der Waals surface area contributed by atoms with Gasteiger partial charge < -0.3 is 4.57 Å². The van der Waals surface area contributed by atoms with Crippen LogP contribution >= 0.6 is 11.3 Å². The van der Waals surface area contributed by atoms with Gasteiger partial charge in [-0.2, -0.15) is 0 Å². The highest BCUT2D eigenvalue weighted by Gasteiger charge is 2.27. The number of thiophene rings is 1. The Labute approximate surface area is 143 Å². The van der Waals surface area contributed by atoms with Crippen molar-refractivity contribution in [2.45, 2.75) is 59.4 Å². The fourth-order valence-electron chi connectivity index (χ4n) is 3.15. The van der Waals surface area contributed by atoms with Gasteiger partial charge in [-0.1, -0.05) is 0 Å². The van der Waals surface area contributed by atoms with Gasteiger partial charge in [-0.3, -0.25) is 9.80 Å². The summed E-state index contributed by atoms with van der Waals surface area (Å²) in [4.78, 5) is 12.5. The maximum absolute atomic E-state index is 4.75. The maximum Gasteiger partial charge on any atom is 0.126 e. The van der Waals surface area contributed by atoms with Gasteiger partial charge in [0.05, 0.1) is 11.7 Å². The zero-order valence-electron chi connectivity index (χ0n) is 14.9. The van der Waals surface area contributed by atoms with Gasteiger partial charge in [0.2, 0.25) is 0 Å². The molecule has 0 aliphatic carbocycles. The molecule has 2 aromatic heterocycles. The van der Waals surface area contributed by atoms with E-state index in [1.165, 1.54) is 21.3 Å². The van der Waals surface area contributed by atoms with Gasteiger partial charge in [0, 0.05) is 48.2 Å². The molecule has 4 nitrogen and oxygen atoms in total. The van der Waals surface area contributed by atoms with Crippen molar-refractivity contribution in [1.29, 1.82) is 0 Å². The summed E-state index contributed by atoms with van der Waals surface area (Å²) in [5, 5.41) is 0. The number of hydrogen-bond acceptors (Lipinski definition) is 4. The number of aromatic nitrogens is 2. The predicted octanol–water partition coefficient (Wildman–Crippen LogP) is 3.67. The third kappa shape index (κ3) is 3.52. The van der Waals surface area contributed by atoms with Gasteiger partial charge in [-0.15, -0.1) is 11.3 Å². The van der Waals surface area contributed by atoms with E-state index in [1.807, 2.05) is 11.3 Å². The first kappa shape index (κ1) is 16.7. The van der Waals surface area contributed by atoms with Crippen LogP contribution in [0.4, 0.5) is 0 Å². The molecule has 0 N–H and O–H groups in total. The molecule has 1 atom stereocenters. The number of aryl methyl sites for hydroxylation is 1. The largest absolute Gasteiger partial charge is 0.328 e. The van der Waals surface area contributed by atoms with E-state index in [2.05, 4.69) is 67.4 Å². The second kappa shape index (κ2) is 6.75. The minimum absolute atomic E-state index is 0.379. The summed E-state index contributed by atoms with van der Waals surface area (Å²) in [5.41, 5.74) is 1.34. The topological polar surface area (TPSA) is 24.3 Å². The number of fused-ring (bicyclic) bond motifs is 1. The van der Waals surface area contributed by atoms with Crippen molar-refractivity contribution in [3.05, 3.63) is 39.6 Å². The van der Waals surface area contributed by atoms with Crippen molar-refractivity contribution in [2.24, 2.45) is 0 Å². The highest BCUT2D eigenvalue weighted by atomic mass is 32.1. The highest BCUT2D eigenvalue weighted by Crippen LogP contribution is 2.28. The van der Waals surface area contributed by atoms with Crippen molar-refractivity contribution < 1.29 is 0 Å². The monoisotopic (exact) mass is 332 g/mol. The molecule has 0 amide bonds. The molecule has 23 heavy (non-hydrogen) atoms. The SMILES string of the molecule is Cc1ccc(CN2CCn3c(CN(C)C(C)C)cnc3C2C)s1. The Morgan fingerprint density at radius 2 is 2.13 bits per heavy atom. The van der Waals surface area contributed by atoms with Crippen molar-refractivity contribution in [3.8, 4) is 0 Å². The quantitative estimate of drug-likeness (QED) is 0.835. The van der Waals surface area contributed by atoms with E-state index in [9.17, 15) is 0 Å². The smallest absolute Gasteiger partial charge is 0.126 e. The first-order valence-corrected chi connectivity index (χ1v) is 9.31. The van der Waals surface area contributed by atoms with E-state index in [0.717, 1.165) is 26.2 Å². The van der Waals surface area contributed by atoms with Crippen LogP contribution in [0.1, 0.15) is 48.1 Å². The van der Waals surface area contributed by atoms with Crippen LogP contribution in [-0.4, -0.2) is 39.0 Å². The fourth-order valence-corrected chi connectivity index (χ4v) is 4.07. The maximum atomic E-state index is 4.75. The molecule has 1 aliphatic heterocycles. The fraction of sp³-hybridized carbons (Fsp3) is 0.611. The molecule has 126 valence electrons. The van der Waals surface area contributed by atoms with Crippen molar-refractivity contribution in [2.75, 3.05) is 13.6 Å². The molecule has 2 aromatic rings.